The summed E-state index contributed by atoms with van der Waals surface area (Å²) in [5.74, 6) is 0.363. The van der Waals surface area contributed by atoms with Crippen LogP contribution in [0.4, 0.5) is 5.69 Å². The van der Waals surface area contributed by atoms with Gasteiger partial charge in [-0.25, -0.2) is 4.98 Å². The van der Waals surface area contributed by atoms with Crippen molar-refractivity contribution >= 4 is 23.2 Å². The second-order valence-electron chi connectivity index (χ2n) is 3.95. The van der Waals surface area contributed by atoms with E-state index in [1.165, 1.54) is 10.9 Å². The zero-order valence-electron chi connectivity index (χ0n) is 10.7. The summed E-state index contributed by atoms with van der Waals surface area (Å²) in [6.07, 6.45) is 1.23. The van der Waals surface area contributed by atoms with Gasteiger partial charge in [-0.3, -0.25) is 14.2 Å². The Morgan fingerprint density at radius 2 is 2.10 bits per heavy atom. The molecule has 104 valence electrons. The molecule has 0 radical (unpaired) electrons. The highest BCUT2D eigenvalue weighted by Crippen LogP contribution is 2.14. The SMILES string of the molecule is COc1ccc(NC(=O)Cn2cnc(Cl)cc2=O)cc1. The molecule has 2 rings (SSSR count). The lowest BCUT2D eigenvalue weighted by Gasteiger charge is -2.07. The molecule has 0 atom stereocenters. The average molecular weight is 294 g/mol. The molecule has 20 heavy (non-hydrogen) atoms. The van der Waals surface area contributed by atoms with E-state index in [2.05, 4.69) is 10.3 Å². The molecule has 1 N–H and O–H groups in total. The van der Waals surface area contributed by atoms with Crippen LogP contribution in [0.15, 0.2) is 41.5 Å². The number of halogens is 1. The number of nitrogens with zero attached hydrogens (tertiary/aromatic N) is 2. The lowest BCUT2D eigenvalue weighted by atomic mass is 10.3. The third-order valence-electron chi connectivity index (χ3n) is 2.53. The van der Waals surface area contributed by atoms with Crippen molar-refractivity contribution in [2.24, 2.45) is 0 Å². The highest BCUT2D eigenvalue weighted by atomic mass is 35.5. The van der Waals surface area contributed by atoms with Crippen LogP contribution in [0.2, 0.25) is 5.15 Å². The highest BCUT2D eigenvalue weighted by molar-refractivity contribution is 6.29. The van der Waals surface area contributed by atoms with Gasteiger partial charge in [-0.05, 0) is 24.3 Å². The molecule has 0 unspecified atom stereocenters. The number of nitrogens with one attached hydrogen (secondary N) is 1. The first-order valence-corrected chi connectivity index (χ1v) is 6.12. The fraction of sp³-hybridized carbons (Fsp3) is 0.154. The molecule has 1 heterocycles. The number of amides is 1. The zero-order chi connectivity index (χ0) is 14.5. The van der Waals surface area contributed by atoms with Crippen LogP contribution in [0.1, 0.15) is 0 Å². The Balaban J connectivity index is 2.03. The number of aromatic nitrogens is 2. The number of carbonyl (C=O) groups is 1. The molecular weight excluding hydrogens is 282 g/mol. The minimum Gasteiger partial charge on any atom is -0.497 e. The predicted octanol–water partition coefficient (Wildman–Crippen LogP) is 1.54. The van der Waals surface area contributed by atoms with E-state index in [0.29, 0.717) is 11.4 Å². The van der Waals surface area contributed by atoms with Crippen molar-refractivity contribution in [1.82, 2.24) is 9.55 Å². The molecule has 0 aliphatic heterocycles. The Morgan fingerprint density at radius 3 is 2.70 bits per heavy atom. The van der Waals surface area contributed by atoms with E-state index in [9.17, 15) is 9.59 Å². The molecule has 1 aromatic heterocycles. The summed E-state index contributed by atoms with van der Waals surface area (Å²) < 4.78 is 6.19. The van der Waals surface area contributed by atoms with Gasteiger partial charge >= 0.3 is 0 Å². The van der Waals surface area contributed by atoms with Crippen LogP contribution < -0.4 is 15.6 Å². The first-order valence-electron chi connectivity index (χ1n) is 5.74. The molecule has 2 aromatic rings. The number of hydrogen-bond acceptors (Lipinski definition) is 4. The minimum atomic E-state index is -0.380. The van der Waals surface area contributed by atoms with Gasteiger partial charge in [0, 0.05) is 11.8 Å². The van der Waals surface area contributed by atoms with Crippen LogP contribution in [0, 0.1) is 0 Å². The van der Waals surface area contributed by atoms with Gasteiger partial charge in [0.15, 0.2) is 0 Å². The van der Waals surface area contributed by atoms with Gasteiger partial charge in [-0.1, -0.05) is 11.6 Å². The smallest absolute Gasteiger partial charge is 0.255 e. The maximum Gasteiger partial charge on any atom is 0.255 e. The maximum atomic E-state index is 11.8. The summed E-state index contributed by atoms with van der Waals surface area (Å²) in [4.78, 5) is 27.1. The van der Waals surface area contributed by atoms with Crippen LogP contribution in [-0.4, -0.2) is 22.6 Å². The van der Waals surface area contributed by atoms with Gasteiger partial charge in [-0.15, -0.1) is 0 Å². The predicted molar refractivity (Wildman–Crippen MR) is 75.1 cm³/mol. The Morgan fingerprint density at radius 1 is 1.40 bits per heavy atom. The number of ether oxygens (including phenoxy) is 1. The third kappa shape index (κ3) is 3.58. The molecule has 0 aliphatic rings. The topological polar surface area (TPSA) is 73.2 Å². The van der Waals surface area contributed by atoms with Gasteiger partial charge < -0.3 is 10.1 Å². The van der Waals surface area contributed by atoms with Crippen LogP contribution in [0.3, 0.4) is 0 Å². The molecule has 0 spiro atoms. The molecule has 0 bridgehead atoms. The molecule has 0 saturated heterocycles. The molecule has 0 fully saturated rings. The van der Waals surface area contributed by atoms with Gasteiger partial charge in [0.25, 0.3) is 5.56 Å². The third-order valence-corrected chi connectivity index (χ3v) is 2.74. The van der Waals surface area contributed by atoms with Crippen molar-refractivity contribution in [1.29, 1.82) is 0 Å². The normalized spacial score (nSPS) is 10.1. The number of rotatable bonds is 4. The number of hydrogen-bond donors (Lipinski definition) is 1. The van der Waals surface area contributed by atoms with E-state index in [4.69, 9.17) is 16.3 Å². The fourth-order valence-electron chi connectivity index (χ4n) is 1.55. The summed E-state index contributed by atoms with van der Waals surface area (Å²) in [5, 5.41) is 2.77. The van der Waals surface area contributed by atoms with Crippen molar-refractivity contribution in [3.05, 3.63) is 52.2 Å². The number of carbonyl (C=O) groups excluding carboxylic acids is 1. The maximum absolute atomic E-state index is 11.8. The lowest BCUT2D eigenvalue weighted by molar-refractivity contribution is -0.116. The quantitative estimate of drug-likeness (QED) is 0.868. The van der Waals surface area contributed by atoms with Crippen LogP contribution >= 0.6 is 11.6 Å². The monoisotopic (exact) mass is 293 g/mol. The van der Waals surface area contributed by atoms with Gasteiger partial charge in [0.2, 0.25) is 5.91 Å². The van der Waals surface area contributed by atoms with Crippen LogP contribution in [-0.2, 0) is 11.3 Å². The van der Waals surface area contributed by atoms with E-state index < -0.39 is 0 Å². The second-order valence-corrected chi connectivity index (χ2v) is 4.34. The van der Waals surface area contributed by atoms with Crippen molar-refractivity contribution < 1.29 is 9.53 Å². The van der Waals surface area contributed by atoms with E-state index in [1.54, 1.807) is 31.4 Å². The molecule has 7 heteroatoms. The molecule has 1 amide bonds. The lowest BCUT2D eigenvalue weighted by Crippen LogP contribution is -2.27. The zero-order valence-corrected chi connectivity index (χ0v) is 11.4. The highest BCUT2D eigenvalue weighted by Gasteiger charge is 2.06. The molecule has 6 nitrogen and oxygen atoms in total. The summed E-state index contributed by atoms with van der Waals surface area (Å²) >= 11 is 5.57. The second kappa shape index (κ2) is 6.21. The van der Waals surface area contributed by atoms with Gasteiger partial charge in [-0.2, -0.15) is 0 Å². The molecule has 1 aromatic carbocycles. The summed E-state index contributed by atoms with van der Waals surface area (Å²) in [5.41, 5.74) is 0.237. The average Bonchev–Trinajstić information content (AvgIpc) is 2.43. The summed E-state index contributed by atoms with van der Waals surface area (Å²) in [7, 11) is 1.56. The summed E-state index contributed by atoms with van der Waals surface area (Å²) in [6.45, 7) is -0.130. The number of anilines is 1. The number of benzene rings is 1. The van der Waals surface area contributed by atoms with Crippen molar-refractivity contribution in [3.8, 4) is 5.75 Å². The summed E-state index contributed by atoms with van der Waals surface area (Å²) in [6, 6.07) is 8.03. The molecule has 0 saturated carbocycles. The van der Waals surface area contributed by atoms with E-state index >= 15 is 0 Å². The Kier molecular flexibility index (Phi) is 4.37. The Labute approximate surface area is 120 Å². The van der Waals surface area contributed by atoms with Gasteiger partial charge in [0.1, 0.15) is 17.4 Å². The largest absolute Gasteiger partial charge is 0.497 e. The number of methoxy groups -OCH3 is 1. The van der Waals surface area contributed by atoms with Crippen LogP contribution in [0.25, 0.3) is 0 Å². The Hall–Kier alpha value is -2.34. The van der Waals surface area contributed by atoms with Crippen molar-refractivity contribution in [2.75, 3.05) is 12.4 Å². The van der Waals surface area contributed by atoms with Crippen molar-refractivity contribution in [3.63, 3.8) is 0 Å². The molecule has 0 aliphatic carbocycles. The fourth-order valence-corrected chi connectivity index (χ4v) is 1.69. The standard InChI is InChI=1S/C13H12ClN3O3/c1-20-10-4-2-9(3-5-10)16-12(18)7-17-8-15-11(14)6-13(17)19/h2-6,8H,7H2,1H3,(H,16,18). The Bertz CT molecular complexity index is 667. The van der Waals surface area contributed by atoms with Crippen molar-refractivity contribution in [2.45, 2.75) is 6.54 Å². The minimum absolute atomic E-state index is 0.0989. The van der Waals surface area contributed by atoms with E-state index in [0.717, 1.165) is 6.07 Å². The van der Waals surface area contributed by atoms with Gasteiger partial charge in [0.05, 0.1) is 13.4 Å². The van der Waals surface area contributed by atoms with Crippen LogP contribution in [0.5, 0.6) is 5.75 Å². The van der Waals surface area contributed by atoms with E-state index in [-0.39, 0.29) is 23.2 Å². The van der Waals surface area contributed by atoms with E-state index in [1.807, 2.05) is 0 Å². The first-order chi connectivity index (χ1) is 9.58. The molecular formula is C13H12ClN3O3. The first kappa shape index (κ1) is 14.1.